The number of halogens is 1. The molecule has 0 saturated carbocycles. The zero-order valence-corrected chi connectivity index (χ0v) is 9.15. The second-order valence-corrected chi connectivity index (χ2v) is 3.27. The normalized spacial score (nSPS) is 9.62. The molecule has 0 aliphatic rings. The van der Waals surface area contributed by atoms with Gasteiger partial charge in [0.05, 0.1) is 6.54 Å². The van der Waals surface area contributed by atoms with Gasteiger partial charge in [0.15, 0.2) is 0 Å². The van der Waals surface area contributed by atoms with Crippen LogP contribution in [0, 0.1) is 5.82 Å². The van der Waals surface area contributed by atoms with Crippen LogP contribution in [0.1, 0.15) is 0 Å². The molecule has 0 fully saturated rings. The second-order valence-electron chi connectivity index (χ2n) is 3.27. The quantitative estimate of drug-likeness (QED) is 0.713. The van der Waals surface area contributed by atoms with E-state index in [1.807, 2.05) is 0 Å². The Morgan fingerprint density at radius 3 is 3.00 bits per heavy atom. The van der Waals surface area contributed by atoms with E-state index in [4.69, 9.17) is 4.74 Å². The smallest absolute Gasteiger partial charge is 0.245 e. The fourth-order valence-corrected chi connectivity index (χ4v) is 1.12. The molecule has 0 N–H and O–H groups in total. The van der Waals surface area contributed by atoms with Crippen molar-refractivity contribution < 1.29 is 13.9 Å². The fourth-order valence-electron chi connectivity index (χ4n) is 1.12. The maximum atomic E-state index is 12.8. The van der Waals surface area contributed by atoms with E-state index in [1.165, 1.54) is 23.1 Å². The first-order chi connectivity index (χ1) is 7.63. The SMILES string of the molecule is C=CC(=O)N(C)CCOc1cccc(F)c1. The highest BCUT2D eigenvalue weighted by Crippen LogP contribution is 2.11. The number of rotatable bonds is 5. The van der Waals surface area contributed by atoms with Crippen molar-refractivity contribution >= 4 is 5.91 Å². The van der Waals surface area contributed by atoms with E-state index < -0.39 is 0 Å². The van der Waals surface area contributed by atoms with Crippen LogP contribution in [-0.4, -0.2) is 31.0 Å². The first kappa shape index (κ1) is 12.2. The number of hydrogen-bond donors (Lipinski definition) is 0. The lowest BCUT2D eigenvalue weighted by Crippen LogP contribution is -2.29. The van der Waals surface area contributed by atoms with Crippen LogP contribution < -0.4 is 4.74 Å². The van der Waals surface area contributed by atoms with Gasteiger partial charge < -0.3 is 9.64 Å². The average Bonchev–Trinajstić information content (AvgIpc) is 2.28. The highest BCUT2D eigenvalue weighted by Gasteiger charge is 2.03. The minimum absolute atomic E-state index is 0.164. The largest absolute Gasteiger partial charge is 0.492 e. The molecular weight excluding hydrogens is 209 g/mol. The van der Waals surface area contributed by atoms with E-state index in [0.29, 0.717) is 18.9 Å². The van der Waals surface area contributed by atoms with Gasteiger partial charge in [-0.2, -0.15) is 0 Å². The molecule has 0 spiro atoms. The zero-order valence-electron chi connectivity index (χ0n) is 9.15. The molecule has 0 atom stereocenters. The molecule has 3 nitrogen and oxygen atoms in total. The Balaban J connectivity index is 2.36. The Kier molecular flexibility index (Phi) is 4.51. The summed E-state index contributed by atoms with van der Waals surface area (Å²) in [5.74, 6) is -0.0460. The van der Waals surface area contributed by atoms with Gasteiger partial charge in [0.1, 0.15) is 18.2 Å². The molecule has 1 amide bonds. The van der Waals surface area contributed by atoms with Crippen LogP contribution in [-0.2, 0) is 4.79 Å². The summed E-state index contributed by atoms with van der Waals surface area (Å²) in [5, 5.41) is 0. The number of benzene rings is 1. The minimum Gasteiger partial charge on any atom is -0.492 e. The van der Waals surface area contributed by atoms with Gasteiger partial charge in [0.25, 0.3) is 0 Å². The van der Waals surface area contributed by atoms with Crippen molar-refractivity contribution in [3.63, 3.8) is 0 Å². The van der Waals surface area contributed by atoms with E-state index in [0.717, 1.165) is 0 Å². The highest BCUT2D eigenvalue weighted by atomic mass is 19.1. The molecule has 4 heteroatoms. The van der Waals surface area contributed by atoms with Gasteiger partial charge in [-0.3, -0.25) is 4.79 Å². The molecule has 0 aromatic heterocycles. The number of likely N-dealkylation sites (N-methyl/N-ethyl adjacent to an activating group) is 1. The summed E-state index contributed by atoms with van der Waals surface area (Å²) in [6.45, 7) is 4.13. The summed E-state index contributed by atoms with van der Waals surface area (Å²) in [6.07, 6.45) is 1.24. The van der Waals surface area contributed by atoms with E-state index in [2.05, 4.69) is 6.58 Å². The van der Waals surface area contributed by atoms with Gasteiger partial charge in [-0.15, -0.1) is 0 Å². The minimum atomic E-state index is -0.340. The van der Waals surface area contributed by atoms with Crippen molar-refractivity contribution in [1.29, 1.82) is 0 Å². The number of hydrogen-bond acceptors (Lipinski definition) is 2. The fraction of sp³-hybridized carbons (Fsp3) is 0.250. The number of amides is 1. The maximum absolute atomic E-state index is 12.8. The summed E-state index contributed by atoms with van der Waals surface area (Å²) < 4.78 is 18.1. The Labute approximate surface area is 94.1 Å². The van der Waals surface area contributed by atoms with Gasteiger partial charge in [0.2, 0.25) is 5.91 Å². The van der Waals surface area contributed by atoms with Crippen molar-refractivity contribution in [3.05, 3.63) is 42.7 Å². The highest BCUT2D eigenvalue weighted by molar-refractivity contribution is 5.86. The van der Waals surface area contributed by atoms with Gasteiger partial charge in [0, 0.05) is 13.1 Å². The molecule has 1 aromatic rings. The van der Waals surface area contributed by atoms with E-state index in [-0.39, 0.29) is 11.7 Å². The summed E-state index contributed by atoms with van der Waals surface area (Å²) >= 11 is 0. The van der Waals surface area contributed by atoms with E-state index in [9.17, 15) is 9.18 Å². The third-order valence-corrected chi connectivity index (χ3v) is 2.04. The second kappa shape index (κ2) is 5.90. The van der Waals surface area contributed by atoms with Crippen molar-refractivity contribution in [2.24, 2.45) is 0 Å². The van der Waals surface area contributed by atoms with Gasteiger partial charge in [-0.05, 0) is 18.2 Å². The van der Waals surface area contributed by atoms with Crippen LogP contribution in [0.25, 0.3) is 0 Å². The van der Waals surface area contributed by atoms with Crippen molar-refractivity contribution in [1.82, 2.24) is 4.90 Å². The molecule has 0 heterocycles. The lowest BCUT2D eigenvalue weighted by Gasteiger charge is -2.15. The van der Waals surface area contributed by atoms with Crippen LogP contribution in [0.15, 0.2) is 36.9 Å². The lowest BCUT2D eigenvalue weighted by molar-refractivity contribution is -0.125. The molecular formula is C12H14FNO2. The Hall–Kier alpha value is -1.84. The van der Waals surface area contributed by atoms with Crippen LogP contribution in [0.5, 0.6) is 5.75 Å². The third kappa shape index (κ3) is 3.73. The van der Waals surface area contributed by atoms with Crippen LogP contribution in [0.4, 0.5) is 4.39 Å². The van der Waals surface area contributed by atoms with E-state index >= 15 is 0 Å². The van der Waals surface area contributed by atoms with Crippen molar-refractivity contribution in [3.8, 4) is 5.75 Å². The summed E-state index contributed by atoms with van der Waals surface area (Å²) in [5.41, 5.74) is 0. The molecule has 0 saturated heterocycles. The molecule has 1 aromatic carbocycles. The van der Waals surface area contributed by atoms with Crippen LogP contribution >= 0.6 is 0 Å². The van der Waals surface area contributed by atoms with E-state index in [1.54, 1.807) is 19.2 Å². The van der Waals surface area contributed by atoms with Crippen LogP contribution in [0.3, 0.4) is 0 Å². The first-order valence-electron chi connectivity index (χ1n) is 4.89. The molecule has 0 bridgehead atoms. The molecule has 86 valence electrons. The standard InChI is InChI=1S/C12H14FNO2/c1-3-12(15)14(2)7-8-16-11-6-4-5-10(13)9-11/h3-6,9H,1,7-8H2,2H3. The first-order valence-corrected chi connectivity index (χ1v) is 4.89. The summed E-state index contributed by atoms with van der Waals surface area (Å²) in [6, 6.07) is 5.89. The number of carbonyl (C=O) groups is 1. The molecule has 0 aliphatic carbocycles. The van der Waals surface area contributed by atoms with Crippen LogP contribution in [0.2, 0.25) is 0 Å². The Bertz CT molecular complexity index is 379. The average molecular weight is 223 g/mol. The summed E-state index contributed by atoms with van der Waals surface area (Å²) in [7, 11) is 1.65. The van der Waals surface area contributed by atoms with Crippen molar-refractivity contribution in [2.45, 2.75) is 0 Å². The monoisotopic (exact) mass is 223 g/mol. The predicted octanol–water partition coefficient (Wildman–Crippen LogP) is 1.85. The van der Waals surface area contributed by atoms with Gasteiger partial charge in [-0.1, -0.05) is 12.6 Å². The Morgan fingerprint density at radius 2 is 2.38 bits per heavy atom. The zero-order chi connectivity index (χ0) is 12.0. The molecule has 0 radical (unpaired) electrons. The number of nitrogens with zero attached hydrogens (tertiary/aromatic N) is 1. The number of ether oxygens (including phenoxy) is 1. The molecule has 1 rings (SSSR count). The van der Waals surface area contributed by atoms with Crippen molar-refractivity contribution in [2.75, 3.05) is 20.2 Å². The topological polar surface area (TPSA) is 29.5 Å². The Morgan fingerprint density at radius 1 is 1.62 bits per heavy atom. The molecule has 0 unspecified atom stereocenters. The molecule has 16 heavy (non-hydrogen) atoms. The summed E-state index contributed by atoms with van der Waals surface area (Å²) in [4.78, 5) is 12.6. The third-order valence-electron chi connectivity index (χ3n) is 2.04. The maximum Gasteiger partial charge on any atom is 0.245 e. The number of carbonyl (C=O) groups excluding carboxylic acids is 1. The van der Waals surface area contributed by atoms with Gasteiger partial charge >= 0.3 is 0 Å². The lowest BCUT2D eigenvalue weighted by atomic mass is 10.3. The molecule has 0 aliphatic heterocycles. The van der Waals surface area contributed by atoms with Gasteiger partial charge in [-0.25, -0.2) is 4.39 Å². The predicted molar refractivity (Wildman–Crippen MR) is 59.7 cm³/mol.